The molecule has 3 rings (SSSR count). The summed E-state index contributed by atoms with van der Waals surface area (Å²) < 4.78 is 0. The Morgan fingerprint density at radius 3 is 2.24 bits per heavy atom. The van der Waals surface area contributed by atoms with Crippen LogP contribution in [0.4, 0.5) is 0 Å². The summed E-state index contributed by atoms with van der Waals surface area (Å²) in [5.41, 5.74) is 2.74. The lowest BCUT2D eigenvalue weighted by atomic mass is 10.0. The summed E-state index contributed by atoms with van der Waals surface area (Å²) in [4.78, 5) is 28.8. The number of nitrogens with one attached hydrogen (secondary N) is 1. The van der Waals surface area contributed by atoms with E-state index in [1.165, 1.54) is 11.8 Å². The minimum absolute atomic E-state index is 0.135. The molecule has 0 aliphatic rings. The van der Waals surface area contributed by atoms with E-state index in [4.69, 9.17) is 34.8 Å². The highest BCUT2D eigenvalue weighted by Crippen LogP contribution is 2.25. The maximum Gasteiger partial charge on any atom is 0.243 e. The molecule has 0 saturated carbocycles. The quantitative estimate of drug-likeness (QED) is 0.246. The third-order valence-electron chi connectivity index (χ3n) is 5.73. The van der Waals surface area contributed by atoms with Crippen molar-refractivity contribution in [1.82, 2.24) is 10.2 Å². The zero-order chi connectivity index (χ0) is 26.8. The van der Waals surface area contributed by atoms with Crippen LogP contribution in [-0.4, -0.2) is 35.1 Å². The fraction of sp³-hybridized carbons (Fsp3) is 0.310. The maximum atomic E-state index is 13.7. The lowest BCUT2D eigenvalue weighted by molar-refractivity contribution is -0.139. The van der Waals surface area contributed by atoms with Crippen LogP contribution < -0.4 is 5.32 Å². The van der Waals surface area contributed by atoms with E-state index in [0.717, 1.165) is 16.7 Å². The number of hydrogen-bond donors (Lipinski definition) is 1. The molecule has 0 aliphatic carbocycles. The second-order valence-electron chi connectivity index (χ2n) is 9.20. The average Bonchev–Trinajstić information content (AvgIpc) is 2.88. The SMILES string of the molecule is CC(C)CNC(=O)[C@H](Cc1ccccc1)N(Cc1ccc(Cl)c(Cl)c1)C(=O)CSCc1ccccc1Cl. The Labute approximate surface area is 238 Å². The molecule has 3 aromatic rings. The fourth-order valence-corrected chi connectivity index (χ4v) is 5.27. The van der Waals surface area contributed by atoms with E-state index >= 15 is 0 Å². The Morgan fingerprint density at radius 1 is 0.865 bits per heavy atom. The summed E-state index contributed by atoms with van der Waals surface area (Å²) >= 11 is 20.2. The number of thioether (sulfide) groups is 1. The van der Waals surface area contributed by atoms with Gasteiger partial charge in [0.05, 0.1) is 15.8 Å². The third kappa shape index (κ3) is 9.26. The van der Waals surface area contributed by atoms with Gasteiger partial charge in [-0.2, -0.15) is 0 Å². The predicted octanol–water partition coefficient (Wildman–Crippen LogP) is 7.29. The van der Waals surface area contributed by atoms with Crippen LogP contribution in [0.2, 0.25) is 15.1 Å². The molecule has 0 aliphatic heterocycles. The Morgan fingerprint density at radius 2 is 1.57 bits per heavy atom. The van der Waals surface area contributed by atoms with E-state index in [9.17, 15) is 9.59 Å². The van der Waals surface area contributed by atoms with Crippen molar-refractivity contribution in [3.8, 4) is 0 Å². The van der Waals surface area contributed by atoms with Gasteiger partial charge in [0.1, 0.15) is 6.04 Å². The van der Waals surface area contributed by atoms with Crippen molar-refractivity contribution >= 4 is 58.4 Å². The molecular weight excluding hydrogens is 547 g/mol. The van der Waals surface area contributed by atoms with Gasteiger partial charge in [-0.25, -0.2) is 0 Å². The Balaban J connectivity index is 1.87. The van der Waals surface area contributed by atoms with Crippen LogP contribution in [0.15, 0.2) is 72.8 Å². The maximum absolute atomic E-state index is 13.7. The van der Waals surface area contributed by atoms with E-state index < -0.39 is 6.04 Å². The van der Waals surface area contributed by atoms with Gasteiger partial charge in [-0.3, -0.25) is 9.59 Å². The number of hydrogen-bond acceptors (Lipinski definition) is 3. The minimum atomic E-state index is -0.691. The standard InChI is InChI=1S/C29H31Cl3N2O2S/c1-20(2)16-33-29(36)27(15-21-8-4-3-5-9-21)34(17-22-12-13-25(31)26(32)14-22)28(35)19-37-18-23-10-6-7-11-24(23)30/h3-14,20,27H,15-19H2,1-2H3,(H,33,36)/t27-/m0/s1. The van der Waals surface area contributed by atoms with E-state index in [1.54, 1.807) is 17.0 Å². The van der Waals surface area contributed by atoms with Gasteiger partial charge in [0.15, 0.2) is 0 Å². The molecule has 0 radical (unpaired) electrons. The van der Waals surface area contributed by atoms with Crippen LogP contribution in [-0.2, 0) is 28.3 Å². The van der Waals surface area contributed by atoms with Crippen molar-refractivity contribution in [2.45, 2.75) is 38.6 Å². The molecule has 0 unspecified atom stereocenters. The summed E-state index contributed by atoms with van der Waals surface area (Å²) in [7, 11) is 0. The summed E-state index contributed by atoms with van der Waals surface area (Å²) in [5.74, 6) is 0.766. The van der Waals surface area contributed by atoms with Crippen molar-refractivity contribution in [1.29, 1.82) is 0 Å². The molecule has 1 N–H and O–H groups in total. The molecular formula is C29H31Cl3N2O2S. The van der Waals surface area contributed by atoms with Gasteiger partial charge in [0, 0.05) is 30.3 Å². The number of rotatable bonds is 12. The van der Waals surface area contributed by atoms with Crippen molar-refractivity contribution in [2.75, 3.05) is 12.3 Å². The first kappa shape index (κ1) is 29.4. The summed E-state index contributed by atoms with van der Waals surface area (Å²) in [6.07, 6.45) is 0.396. The number of benzene rings is 3. The van der Waals surface area contributed by atoms with Crippen molar-refractivity contribution in [3.05, 3.63) is 105 Å². The molecule has 3 aromatic carbocycles. The van der Waals surface area contributed by atoms with Gasteiger partial charge in [-0.05, 0) is 40.8 Å². The number of carbonyl (C=O) groups is 2. The van der Waals surface area contributed by atoms with E-state index in [1.807, 2.05) is 74.5 Å². The largest absolute Gasteiger partial charge is 0.354 e. The van der Waals surface area contributed by atoms with Crippen LogP contribution >= 0.6 is 46.6 Å². The monoisotopic (exact) mass is 576 g/mol. The molecule has 0 aromatic heterocycles. The number of amides is 2. The first-order chi connectivity index (χ1) is 17.7. The first-order valence-corrected chi connectivity index (χ1v) is 14.4. The average molecular weight is 578 g/mol. The van der Waals surface area contributed by atoms with E-state index in [2.05, 4.69) is 5.32 Å². The molecule has 4 nitrogen and oxygen atoms in total. The minimum Gasteiger partial charge on any atom is -0.354 e. The lowest BCUT2D eigenvalue weighted by Gasteiger charge is -2.32. The fourth-order valence-electron chi connectivity index (χ4n) is 3.76. The second kappa shape index (κ2) is 14.7. The highest BCUT2D eigenvalue weighted by molar-refractivity contribution is 7.99. The molecule has 0 saturated heterocycles. The van der Waals surface area contributed by atoms with Gasteiger partial charge < -0.3 is 10.2 Å². The van der Waals surface area contributed by atoms with Crippen LogP contribution in [0, 0.1) is 5.92 Å². The van der Waals surface area contributed by atoms with Crippen LogP contribution in [0.25, 0.3) is 0 Å². The van der Waals surface area contributed by atoms with Crippen LogP contribution in [0.5, 0.6) is 0 Å². The zero-order valence-electron chi connectivity index (χ0n) is 20.9. The van der Waals surface area contributed by atoms with Gasteiger partial charge in [0.25, 0.3) is 0 Å². The molecule has 0 spiro atoms. The molecule has 0 heterocycles. The summed E-state index contributed by atoms with van der Waals surface area (Å²) in [6, 6.07) is 21.9. The highest BCUT2D eigenvalue weighted by atomic mass is 35.5. The van der Waals surface area contributed by atoms with Gasteiger partial charge in [0.2, 0.25) is 11.8 Å². The number of halogens is 3. The predicted molar refractivity (Wildman–Crippen MR) is 156 cm³/mol. The van der Waals surface area contributed by atoms with E-state index in [-0.39, 0.29) is 30.0 Å². The molecule has 1 atom stereocenters. The van der Waals surface area contributed by atoms with Crippen molar-refractivity contribution in [2.24, 2.45) is 5.92 Å². The topological polar surface area (TPSA) is 49.4 Å². The third-order valence-corrected chi connectivity index (χ3v) is 7.81. The van der Waals surface area contributed by atoms with Gasteiger partial charge >= 0.3 is 0 Å². The summed E-state index contributed by atoms with van der Waals surface area (Å²) in [5, 5.41) is 4.55. The zero-order valence-corrected chi connectivity index (χ0v) is 24.0. The molecule has 8 heteroatoms. The molecule has 0 bridgehead atoms. The first-order valence-electron chi connectivity index (χ1n) is 12.1. The van der Waals surface area contributed by atoms with Crippen molar-refractivity contribution in [3.63, 3.8) is 0 Å². The molecule has 37 heavy (non-hydrogen) atoms. The molecule has 0 fully saturated rings. The highest BCUT2D eigenvalue weighted by Gasteiger charge is 2.30. The molecule has 2 amide bonds. The molecule has 196 valence electrons. The van der Waals surface area contributed by atoms with Crippen molar-refractivity contribution < 1.29 is 9.59 Å². The Hall–Kier alpha value is -2.18. The second-order valence-corrected chi connectivity index (χ2v) is 11.4. The Bertz CT molecular complexity index is 1190. The normalized spacial score (nSPS) is 11.8. The smallest absolute Gasteiger partial charge is 0.243 e. The van der Waals surface area contributed by atoms with Gasteiger partial charge in [-0.1, -0.05) is 103 Å². The number of nitrogens with zero attached hydrogens (tertiary/aromatic N) is 1. The van der Waals surface area contributed by atoms with Crippen LogP contribution in [0.1, 0.15) is 30.5 Å². The van der Waals surface area contributed by atoms with E-state index in [0.29, 0.717) is 33.8 Å². The lowest BCUT2D eigenvalue weighted by Crippen LogP contribution is -2.51. The number of carbonyl (C=O) groups excluding carboxylic acids is 2. The van der Waals surface area contributed by atoms with Gasteiger partial charge in [-0.15, -0.1) is 11.8 Å². The Kier molecular flexibility index (Phi) is 11.7. The summed E-state index contributed by atoms with van der Waals surface area (Å²) in [6.45, 7) is 4.84. The van der Waals surface area contributed by atoms with Crippen LogP contribution in [0.3, 0.4) is 0 Å².